The van der Waals surface area contributed by atoms with Gasteiger partial charge in [0, 0.05) is 0 Å². The molecule has 4 aliphatic carbocycles. The van der Waals surface area contributed by atoms with E-state index in [0.717, 1.165) is 29.6 Å². The van der Waals surface area contributed by atoms with Crippen LogP contribution in [0.5, 0.6) is 0 Å². The molecule has 0 saturated heterocycles. The first kappa shape index (κ1) is 5.58. The Bertz CT molecular complexity index is 226. The van der Waals surface area contributed by atoms with Gasteiger partial charge in [0.2, 0.25) is 0 Å². The van der Waals surface area contributed by atoms with Gasteiger partial charge in [-0.2, -0.15) is 0 Å². The number of aliphatic hydroxyl groups is 1. The van der Waals surface area contributed by atoms with E-state index in [1.165, 1.54) is 25.7 Å². The predicted molar refractivity (Wildman–Crippen MR) is 41.0 cm³/mol. The van der Waals surface area contributed by atoms with Gasteiger partial charge < -0.3 is 5.11 Å². The molecule has 60 valence electrons. The van der Waals surface area contributed by atoms with Crippen LogP contribution in [0.1, 0.15) is 38.5 Å². The molecule has 2 spiro atoms. The molecule has 1 heteroatoms. The van der Waals surface area contributed by atoms with Gasteiger partial charge in [-0.1, -0.05) is 0 Å². The van der Waals surface area contributed by atoms with Crippen molar-refractivity contribution >= 4 is 0 Å². The zero-order chi connectivity index (χ0) is 7.32. The van der Waals surface area contributed by atoms with E-state index in [1.807, 2.05) is 0 Å². The largest absolute Gasteiger partial charge is 0.390 e. The summed E-state index contributed by atoms with van der Waals surface area (Å²) in [5.74, 6) is 0.766. The Morgan fingerprint density at radius 2 is 1.27 bits per heavy atom. The molecule has 0 aromatic heterocycles. The van der Waals surface area contributed by atoms with E-state index >= 15 is 0 Å². The third kappa shape index (κ3) is 0.395. The van der Waals surface area contributed by atoms with Crippen LogP contribution in [0.15, 0.2) is 0 Å². The Labute approximate surface area is 66.8 Å². The molecular weight excluding hydrogens is 136 g/mol. The summed E-state index contributed by atoms with van der Waals surface area (Å²) in [6.07, 6.45) is 8.00. The van der Waals surface area contributed by atoms with Gasteiger partial charge in [0.1, 0.15) is 0 Å². The average Bonchev–Trinajstić information content (AvgIpc) is 2.66. The maximum Gasteiger partial charge on any atom is 0.0689 e. The quantitative estimate of drug-likeness (QED) is 0.603. The average molecular weight is 150 g/mol. The van der Waals surface area contributed by atoms with E-state index in [2.05, 4.69) is 0 Å². The molecule has 1 nitrogen and oxygen atoms in total. The summed E-state index contributed by atoms with van der Waals surface area (Å²) in [6.45, 7) is 0. The lowest BCUT2D eigenvalue weighted by Gasteiger charge is -2.04. The van der Waals surface area contributed by atoms with Crippen LogP contribution >= 0.6 is 0 Å². The summed E-state index contributed by atoms with van der Waals surface area (Å²) in [4.78, 5) is 0. The monoisotopic (exact) mass is 150 g/mol. The number of rotatable bonds is 1. The Kier molecular flexibility index (Phi) is 0.558. The first-order chi connectivity index (χ1) is 5.24. The first-order valence-corrected chi connectivity index (χ1v) is 4.96. The summed E-state index contributed by atoms with van der Waals surface area (Å²) >= 11 is 0. The second-order valence-electron chi connectivity index (χ2n) is 5.35. The van der Waals surface area contributed by atoms with Crippen LogP contribution in [0.2, 0.25) is 0 Å². The van der Waals surface area contributed by atoms with Crippen molar-refractivity contribution in [2.75, 3.05) is 0 Å². The van der Waals surface area contributed by atoms with E-state index in [1.54, 1.807) is 0 Å². The molecule has 4 aliphatic rings. The fourth-order valence-corrected chi connectivity index (χ4v) is 4.03. The minimum atomic E-state index is -0.146. The van der Waals surface area contributed by atoms with Crippen molar-refractivity contribution in [3.8, 4) is 0 Å². The molecule has 4 rings (SSSR count). The molecule has 0 aromatic rings. The van der Waals surface area contributed by atoms with Crippen LogP contribution in [0, 0.1) is 16.7 Å². The van der Waals surface area contributed by atoms with Crippen LogP contribution in [-0.4, -0.2) is 10.7 Å². The van der Waals surface area contributed by atoms with Crippen molar-refractivity contribution < 1.29 is 5.11 Å². The number of hydrogen-bond acceptors (Lipinski definition) is 1. The third-order valence-corrected chi connectivity index (χ3v) is 4.89. The van der Waals surface area contributed by atoms with Crippen LogP contribution in [0.3, 0.4) is 0 Å². The molecule has 0 radical (unpaired) electrons. The second kappa shape index (κ2) is 1.10. The molecule has 1 N–H and O–H groups in total. The minimum Gasteiger partial charge on any atom is -0.390 e. The van der Waals surface area contributed by atoms with Crippen LogP contribution in [0.4, 0.5) is 0 Å². The van der Waals surface area contributed by atoms with Gasteiger partial charge in [-0.15, -0.1) is 0 Å². The third-order valence-electron chi connectivity index (χ3n) is 4.89. The van der Waals surface area contributed by atoms with Crippen molar-refractivity contribution in [2.45, 2.75) is 44.1 Å². The van der Waals surface area contributed by atoms with Gasteiger partial charge in [0.25, 0.3) is 0 Å². The molecule has 0 heterocycles. The van der Waals surface area contributed by atoms with Gasteiger partial charge in [0.15, 0.2) is 0 Å². The number of hydrogen-bond donors (Lipinski definition) is 1. The lowest BCUT2D eigenvalue weighted by molar-refractivity contribution is 0.112. The van der Waals surface area contributed by atoms with Gasteiger partial charge in [-0.05, 0) is 55.3 Å². The normalized spacial score (nSPS) is 44.5. The van der Waals surface area contributed by atoms with Crippen molar-refractivity contribution in [1.82, 2.24) is 0 Å². The first-order valence-electron chi connectivity index (χ1n) is 4.96. The molecule has 11 heavy (non-hydrogen) atoms. The Morgan fingerprint density at radius 1 is 0.818 bits per heavy atom. The minimum absolute atomic E-state index is 0.146. The van der Waals surface area contributed by atoms with Gasteiger partial charge in [0.05, 0.1) is 5.60 Å². The highest BCUT2D eigenvalue weighted by molar-refractivity contribution is 5.39. The molecular formula is C10H14O. The van der Waals surface area contributed by atoms with Crippen molar-refractivity contribution in [3.63, 3.8) is 0 Å². The molecule has 0 unspecified atom stereocenters. The fourth-order valence-electron chi connectivity index (χ4n) is 4.03. The molecule has 0 atom stereocenters. The summed E-state index contributed by atoms with van der Waals surface area (Å²) in [6, 6.07) is 0. The number of fused-ring (bicyclic) bond motifs is 1. The molecule has 0 amide bonds. The Hall–Kier alpha value is -0.0400. The van der Waals surface area contributed by atoms with E-state index < -0.39 is 0 Å². The molecule has 4 fully saturated rings. The highest BCUT2D eigenvalue weighted by Crippen LogP contribution is 2.95. The second-order valence-corrected chi connectivity index (χ2v) is 5.35. The van der Waals surface area contributed by atoms with Crippen molar-refractivity contribution in [1.29, 1.82) is 0 Å². The lowest BCUT2D eigenvalue weighted by Crippen LogP contribution is -2.12. The maximum atomic E-state index is 10.0. The fraction of sp³-hybridized carbons (Fsp3) is 1.00. The predicted octanol–water partition coefficient (Wildman–Crippen LogP) is 1.70. The summed E-state index contributed by atoms with van der Waals surface area (Å²) in [5.41, 5.74) is 1.30. The highest BCUT2D eigenvalue weighted by Gasteiger charge is 2.91. The molecule has 0 bridgehead atoms. The smallest absolute Gasteiger partial charge is 0.0689 e. The standard InChI is InChI=1S/C10H14O/c11-10(5-6-10)7-8(1-2-8)9(7)3-4-9/h7,11H,1-6H2. The van der Waals surface area contributed by atoms with Gasteiger partial charge in [-0.3, -0.25) is 0 Å². The van der Waals surface area contributed by atoms with Gasteiger partial charge in [-0.25, -0.2) is 0 Å². The van der Waals surface area contributed by atoms with Crippen LogP contribution < -0.4 is 0 Å². The van der Waals surface area contributed by atoms with E-state index in [4.69, 9.17) is 0 Å². The lowest BCUT2D eigenvalue weighted by atomic mass is 10.1. The maximum absolute atomic E-state index is 10.0. The molecule has 0 aromatic carbocycles. The zero-order valence-electron chi connectivity index (χ0n) is 6.77. The molecule has 0 aliphatic heterocycles. The highest BCUT2D eigenvalue weighted by atomic mass is 16.3. The SMILES string of the molecule is OC1(C2C3(CC3)C23CC3)CC1. The van der Waals surface area contributed by atoms with E-state index in [-0.39, 0.29) is 5.60 Å². The zero-order valence-corrected chi connectivity index (χ0v) is 6.77. The van der Waals surface area contributed by atoms with E-state index in [0.29, 0.717) is 0 Å². The van der Waals surface area contributed by atoms with Crippen molar-refractivity contribution in [2.24, 2.45) is 16.7 Å². The van der Waals surface area contributed by atoms with E-state index in [9.17, 15) is 5.11 Å². The Morgan fingerprint density at radius 3 is 1.55 bits per heavy atom. The van der Waals surface area contributed by atoms with Gasteiger partial charge >= 0.3 is 0 Å². The van der Waals surface area contributed by atoms with Crippen LogP contribution in [0.25, 0.3) is 0 Å². The molecule has 4 saturated carbocycles. The van der Waals surface area contributed by atoms with Crippen molar-refractivity contribution in [3.05, 3.63) is 0 Å². The summed E-state index contributed by atoms with van der Waals surface area (Å²) in [7, 11) is 0. The van der Waals surface area contributed by atoms with Crippen LogP contribution in [-0.2, 0) is 0 Å². The summed E-state index contributed by atoms with van der Waals surface area (Å²) < 4.78 is 0. The topological polar surface area (TPSA) is 20.2 Å². The Balaban J connectivity index is 1.77. The summed E-state index contributed by atoms with van der Waals surface area (Å²) in [5, 5.41) is 10.0.